The molecular weight excluding hydrogens is 368 g/mol. The molecule has 0 unspecified atom stereocenters. The molecule has 1 saturated heterocycles. The van der Waals surface area contributed by atoms with Crippen molar-refractivity contribution in [2.45, 2.75) is 18.8 Å². The van der Waals surface area contributed by atoms with Crippen molar-refractivity contribution in [3.8, 4) is 0 Å². The van der Waals surface area contributed by atoms with Gasteiger partial charge in [-0.1, -0.05) is 0 Å². The highest BCUT2D eigenvalue weighted by atomic mass is 19.3. The smallest absolute Gasteiger partial charge is 0.249 e. The van der Waals surface area contributed by atoms with Gasteiger partial charge >= 0.3 is 0 Å². The fraction of sp³-hybridized carbons (Fsp3) is 0.421. The highest BCUT2D eigenvalue weighted by Gasteiger charge is 2.49. The molecule has 28 heavy (non-hydrogen) atoms. The van der Waals surface area contributed by atoms with E-state index in [2.05, 4.69) is 14.9 Å². The lowest BCUT2D eigenvalue weighted by atomic mass is 9.80. The number of halogens is 2. The highest BCUT2D eigenvalue weighted by Crippen LogP contribution is 2.43. The predicted octanol–water partition coefficient (Wildman–Crippen LogP) is 1.76. The van der Waals surface area contributed by atoms with Crippen molar-refractivity contribution < 1.29 is 18.4 Å². The molecular formula is C19H21F2N5O2. The van der Waals surface area contributed by atoms with Gasteiger partial charge < -0.3 is 20.5 Å². The van der Waals surface area contributed by atoms with Crippen LogP contribution in [-0.4, -0.2) is 58.8 Å². The molecule has 4 rings (SSSR count). The number of aromatic nitrogens is 2. The van der Waals surface area contributed by atoms with Gasteiger partial charge in [-0.2, -0.15) is 0 Å². The van der Waals surface area contributed by atoms with Gasteiger partial charge in [-0.3, -0.25) is 9.59 Å². The monoisotopic (exact) mass is 389 g/mol. The third kappa shape index (κ3) is 3.56. The maximum absolute atomic E-state index is 13.0. The van der Waals surface area contributed by atoms with Crippen molar-refractivity contribution in [1.82, 2.24) is 14.9 Å². The molecule has 0 aromatic carbocycles. The molecule has 1 saturated carbocycles. The Morgan fingerprint density at radius 3 is 2.61 bits per heavy atom. The number of primary amides is 1. The van der Waals surface area contributed by atoms with Gasteiger partial charge in [0, 0.05) is 68.2 Å². The minimum absolute atomic E-state index is 0.163. The number of fused-ring (bicyclic) bond motifs is 1. The fourth-order valence-corrected chi connectivity index (χ4v) is 3.77. The van der Waals surface area contributed by atoms with Crippen molar-refractivity contribution in [3.05, 3.63) is 30.1 Å². The van der Waals surface area contributed by atoms with Crippen LogP contribution in [0.5, 0.6) is 0 Å². The largest absolute Gasteiger partial charge is 0.367 e. The van der Waals surface area contributed by atoms with Crippen molar-refractivity contribution in [1.29, 1.82) is 0 Å². The summed E-state index contributed by atoms with van der Waals surface area (Å²) in [6.07, 6.45) is 5.78. The summed E-state index contributed by atoms with van der Waals surface area (Å²) in [4.78, 5) is 34.6. The summed E-state index contributed by atoms with van der Waals surface area (Å²) in [6.45, 7) is 2.22. The number of nitrogens with zero attached hydrogens (tertiary/aromatic N) is 3. The number of alkyl halides is 2. The van der Waals surface area contributed by atoms with Gasteiger partial charge in [-0.25, -0.2) is 13.8 Å². The lowest BCUT2D eigenvalue weighted by Gasteiger charge is -2.41. The van der Waals surface area contributed by atoms with E-state index in [9.17, 15) is 18.4 Å². The van der Waals surface area contributed by atoms with Crippen LogP contribution < -0.4 is 10.6 Å². The predicted molar refractivity (Wildman–Crippen MR) is 101 cm³/mol. The molecule has 7 nitrogen and oxygen atoms in total. The number of anilines is 1. The first-order valence-electron chi connectivity index (χ1n) is 9.19. The average Bonchev–Trinajstić information content (AvgIpc) is 3.06. The first kappa shape index (κ1) is 18.4. The van der Waals surface area contributed by atoms with Gasteiger partial charge in [0.05, 0.1) is 11.9 Å². The zero-order valence-corrected chi connectivity index (χ0v) is 15.2. The highest BCUT2D eigenvalue weighted by molar-refractivity contribution is 5.95. The zero-order chi connectivity index (χ0) is 19.9. The second-order valence-corrected chi connectivity index (χ2v) is 7.34. The maximum Gasteiger partial charge on any atom is 0.249 e. The molecule has 0 spiro atoms. The average molecular weight is 389 g/mol. The summed E-state index contributed by atoms with van der Waals surface area (Å²) in [5.41, 5.74) is 7.57. The van der Waals surface area contributed by atoms with Gasteiger partial charge in [0.2, 0.25) is 17.7 Å². The summed E-state index contributed by atoms with van der Waals surface area (Å²) >= 11 is 0. The number of hydrogen-bond acceptors (Lipinski definition) is 4. The van der Waals surface area contributed by atoms with Crippen LogP contribution in [0.3, 0.4) is 0 Å². The van der Waals surface area contributed by atoms with Crippen molar-refractivity contribution >= 4 is 34.6 Å². The first-order chi connectivity index (χ1) is 13.3. The zero-order valence-electron chi connectivity index (χ0n) is 15.2. The molecule has 2 aromatic heterocycles. The van der Waals surface area contributed by atoms with Gasteiger partial charge in [0.15, 0.2) is 0 Å². The number of rotatable bonds is 4. The number of pyridine rings is 1. The Morgan fingerprint density at radius 2 is 1.96 bits per heavy atom. The Bertz CT molecular complexity index is 939. The van der Waals surface area contributed by atoms with E-state index < -0.39 is 17.7 Å². The standard InChI is InChI=1S/C19H21F2N5O2/c20-19(21)8-13(9-19)18(28)26-5-3-25(4-6-26)14-7-15-12(1-2-16(22)27)10-23-17(15)24-11-14/h1-2,7,10-11,13H,3-6,8-9H2,(H2,22,27)(H,23,24). The van der Waals surface area contributed by atoms with E-state index in [0.717, 1.165) is 16.6 Å². The Morgan fingerprint density at radius 1 is 1.25 bits per heavy atom. The van der Waals surface area contributed by atoms with Gasteiger partial charge in [-0.15, -0.1) is 0 Å². The number of carbonyl (C=O) groups excluding carboxylic acids is 2. The van der Waals surface area contributed by atoms with Crippen LogP contribution in [0, 0.1) is 5.92 Å². The molecule has 1 aliphatic carbocycles. The number of carbonyl (C=O) groups is 2. The number of amides is 2. The van der Waals surface area contributed by atoms with Crippen molar-refractivity contribution in [3.63, 3.8) is 0 Å². The summed E-state index contributed by atoms with van der Waals surface area (Å²) in [7, 11) is 0. The molecule has 2 aromatic rings. The minimum atomic E-state index is -2.68. The van der Waals surface area contributed by atoms with Crippen LogP contribution in [-0.2, 0) is 9.59 Å². The van der Waals surface area contributed by atoms with Gasteiger partial charge in [-0.05, 0) is 12.1 Å². The van der Waals surface area contributed by atoms with Gasteiger partial charge in [0.25, 0.3) is 0 Å². The molecule has 0 radical (unpaired) electrons. The Kier molecular flexibility index (Phi) is 4.52. The van der Waals surface area contributed by atoms with E-state index in [4.69, 9.17) is 5.73 Å². The van der Waals surface area contributed by atoms with E-state index >= 15 is 0 Å². The Hall–Kier alpha value is -2.97. The lowest BCUT2D eigenvalue weighted by molar-refractivity contribution is -0.160. The summed E-state index contributed by atoms with van der Waals surface area (Å²) in [5.74, 6) is -3.91. The molecule has 3 N–H and O–H groups in total. The quantitative estimate of drug-likeness (QED) is 0.779. The number of nitrogens with one attached hydrogen (secondary N) is 1. The molecule has 0 bridgehead atoms. The van der Waals surface area contributed by atoms with Crippen LogP contribution in [0.25, 0.3) is 17.1 Å². The summed E-state index contributed by atoms with van der Waals surface area (Å²) in [5, 5.41) is 0.866. The topological polar surface area (TPSA) is 95.3 Å². The molecule has 2 amide bonds. The molecule has 1 aliphatic heterocycles. The van der Waals surface area contributed by atoms with Crippen LogP contribution in [0.4, 0.5) is 14.5 Å². The Labute approximate surface area is 160 Å². The van der Waals surface area contributed by atoms with Crippen LogP contribution in [0.15, 0.2) is 24.5 Å². The third-order valence-electron chi connectivity index (χ3n) is 5.37. The second-order valence-electron chi connectivity index (χ2n) is 7.34. The first-order valence-corrected chi connectivity index (χ1v) is 9.19. The number of piperazine rings is 1. The van der Waals surface area contributed by atoms with E-state index in [0.29, 0.717) is 31.8 Å². The molecule has 0 atom stereocenters. The third-order valence-corrected chi connectivity index (χ3v) is 5.37. The van der Waals surface area contributed by atoms with Crippen LogP contribution in [0.1, 0.15) is 18.4 Å². The molecule has 3 heterocycles. The molecule has 2 fully saturated rings. The number of H-pyrrole nitrogens is 1. The van der Waals surface area contributed by atoms with Crippen LogP contribution >= 0.6 is 0 Å². The molecule has 9 heteroatoms. The minimum Gasteiger partial charge on any atom is -0.367 e. The van der Waals surface area contributed by atoms with Gasteiger partial charge in [0.1, 0.15) is 5.65 Å². The van der Waals surface area contributed by atoms with E-state index in [1.807, 2.05) is 6.07 Å². The van der Waals surface area contributed by atoms with E-state index in [1.54, 1.807) is 23.4 Å². The summed E-state index contributed by atoms with van der Waals surface area (Å²) < 4.78 is 26.0. The molecule has 2 aliphatic rings. The second kappa shape index (κ2) is 6.88. The van der Waals surface area contributed by atoms with E-state index in [1.165, 1.54) is 6.08 Å². The maximum atomic E-state index is 13.0. The van der Waals surface area contributed by atoms with Crippen molar-refractivity contribution in [2.75, 3.05) is 31.1 Å². The number of nitrogens with two attached hydrogens (primary N) is 1. The number of hydrogen-bond donors (Lipinski definition) is 2. The molecule has 148 valence electrons. The fourth-order valence-electron chi connectivity index (χ4n) is 3.77. The van der Waals surface area contributed by atoms with E-state index in [-0.39, 0.29) is 18.7 Å². The SMILES string of the molecule is NC(=O)C=Cc1c[nH]c2ncc(N3CCN(C(=O)C4CC(F)(F)C4)CC3)cc12. The normalized spacial score (nSPS) is 19.9. The lowest BCUT2D eigenvalue weighted by Crippen LogP contribution is -2.53. The van der Waals surface area contributed by atoms with Crippen molar-refractivity contribution in [2.24, 2.45) is 11.7 Å². The number of aromatic amines is 1. The summed E-state index contributed by atoms with van der Waals surface area (Å²) in [6, 6.07) is 1.98. The van der Waals surface area contributed by atoms with Crippen LogP contribution in [0.2, 0.25) is 0 Å². The Balaban J connectivity index is 1.43.